The highest BCUT2D eigenvalue weighted by atomic mass is 35.5. The van der Waals surface area contributed by atoms with Crippen molar-refractivity contribution in [3.05, 3.63) is 81.5 Å². The van der Waals surface area contributed by atoms with Gasteiger partial charge in [-0.1, -0.05) is 47.5 Å². The van der Waals surface area contributed by atoms with E-state index in [1.807, 2.05) is 41.9 Å². The molecule has 1 aromatic heterocycles. The van der Waals surface area contributed by atoms with Crippen LogP contribution < -0.4 is 5.32 Å². The Balaban J connectivity index is 1.75. The number of halogens is 2. The fraction of sp³-hybridized carbons (Fsp3) is 0.111. The van der Waals surface area contributed by atoms with Crippen molar-refractivity contribution in [2.45, 2.75) is 13.5 Å². The van der Waals surface area contributed by atoms with Crippen LogP contribution in [0, 0.1) is 6.92 Å². The maximum absolute atomic E-state index is 12.3. The Labute approximate surface area is 150 Å². The van der Waals surface area contributed by atoms with Crippen molar-refractivity contribution in [3.63, 3.8) is 0 Å². The number of hydrogen-bond acceptors (Lipinski definition) is 2. The molecule has 0 atom stereocenters. The first kappa shape index (κ1) is 16.6. The molecule has 0 saturated carbocycles. The molecule has 0 aliphatic carbocycles. The van der Waals surface area contributed by atoms with Crippen molar-refractivity contribution in [2.24, 2.45) is 0 Å². The van der Waals surface area contributed by atoms with E-state index < -0.39 is 0 Å². The van der Waals surface area contributed by atoms with E-state index >= 15 is 0 Å². The summed E-state index contributed by atoms with van der Waals surface area (Å²) in [7, 11) is 0. The van der Waals surface area contributed by atoms with Gasteiger partial charge in [0, 0.05) is 16.8 Å². The molecule has 1 heterocycles. The standard InChI is InChI=1S/C18H15Cl2N3O/c1-12-10-17(21-18(24)15-4-2-3-5-16(15)20)22-23(12)11-13-6-8-14(19)9-7-13/h2-10H,11H2,1H3,(H,21,22,24). The second kappa shape index (κ2) is 7.07. The van der Waals surface area contributed by atoms with Crippen LogP contribution in [0.3, 0.4) is 0 Å². The molecule has 0 radical (unpaired) electrons. The fourth-order valence-electron chi connectivity index (χ4n) is 2.32. The van der Waals surface area contributed by atoms with Gasteiger partial charge in [0.25, 0.3) is 5.91 Å². The Morgan fingerprint density at radius 1 is 1.12 bits per heavy atom. The zero-order valence-corrected chi connectivity index (χ0v) is 14.5. The van der Waals surface area contributed by atoms with Gasteiger partial charge in [0.2, 0.25) is 0 Å². The molecule has 4 nitrogen and oxygen atoms in total. The molecule has 24 heavy (non-hydrogen) atoms. The second-order valence-electron chi connectivity index (χ2n) is 5.39. The molecule has 0 aliphatic heterocycles. The second-order valence-corrected chi connectivity index (χ2v) is 6.23. The topological polar surface area (TPSA) is 46.9 Å². The van der Waals surface area contributed by atoms with E-state index in [4.69, 9.17) is 23.2 Å². The van der Waals surface area contributed by atoms with Crippen LogP contribution >= 0.6 is 23.2 Å². The average Bonchev–Trinajstić information content (AvgIpc) is 2.89. The molecule has 1 N–H and O–H groups in total. The smallest absolute Gasteiger partial charge is 0.258 e. The Morgan fingerprint density at radius 3 is 2.54 bits per heavy atom. The highest BCUT2D eigenvalue weighted by molar-refractivity contribution is 6.34. The van der Waals surface area contributed by atoms with Gasteiger partial charge in [0.15, 0.2) is 5.82 Å². The lowest BCUT2D eigenvalue weighted by atomic mass is 10.2. The summed E-state index contributed by atoms with van der Waals surface area (Å²) in [5, 5.41) is 8.32. The highest BCUT2D eigenvalue weighted by Gasteiger charge is 2.12. The Bertz CT molecular complexity index is 872. The van der Waals surface area contributed by atoms with Crippen molar-refractivity contribution in [3.8, 4) is 0 Å². The molecule has 6 heteroatoms. The van der Waals surface area contributed by atoms with E-state index in [9.17, 15) is 4.79 Å². The number of anilines is 1. The molecule has 122 valence electrons. The molecular formula is C18H15Cl2N3O. The molecule has 0 unspecified atom stereocenters. The lowest BCUT2D eigenvalue weighted by molar-refractivity contribution is 0.102. The van der Waals surface area contributed by atoms with Crippen LogP contribution in [0.5, 0.6) is 0 Å². The normalized spacial score (nSPS) is 10.6. The molecule has 3 aromatic rings. The minimum absolute atomic E-state index is 0.281. The number of hydrogen-bond donors (Lipinski definition) is 1. The van der Waals surface area contributed by atoms with Crippen molar-refractivity contribution in [1.82, 2.24) is 9.78 Å². The molecular weight excluding hydrogens is 345 g/mol. The zero-order valence-electron chi connectivity index (χ0n) is 13.0. The van der Waals surface area contributed by atoms with Crippen molar-refractivity contribution >= 4 is 34.9 Å². The highest BCUT2D eigenvalue weighted by Crippen LogP contribution is 2.18. The average molecular weight is 360 g/mol. The number of carbonyl (C=O) groups is 1. The van der Waals surface area contributed by atoms with E-state index in [1.54, 1.807) is 24.3 Å². The summed E-state index contributed by atoms with van der Waals surface area (Å²) < 4.78 is 1.82. The van der Waals surface area contributed by atoms with Crippen molar-refractivity contribution < 1.29 is 4.79 Å². The van der Waals surface area contributed by atoms with E-state index in [-0.39, 0.29) is 5.91 Å². The SMILES string of the molecule is Cc1cc(NC(=O)c2ccccc2Cl)nn1Cc1ccc(Cl)cc1. The lowest BCUT2D eigenvalue weighted by Gasteiger charge is -2.05. The van der Waals surface area contributed by atoms with E-state index in [1.165, 1.54) is 0 Å². The van der Waals surface area contributed by atoms with Gasteiger partial charge in [0.1, 0.15) is 0 Å². The maximum atomic E-state index is 12.3. The Kier molecular flexibility index (Phi) is 4.88. The predicted octanol–water partition coefficient (Wildman–Crippen LogP) is 4.80. The number of amides is 1. The van der Waals surface area contributed by atoms with Crippen molar-refractivity contribution in [1.29, 1.82) is 0 Å². The molecule has 0 bridgehead atoms. The Morgan fingerprint density at radius 2 is 1.83 bits per heavy atom. The van der Waals surface area contributed by atoms with Crippen LogP contribution in [-0.4, -0.2) is 15.7 Å². The minimum Gasteiger partial charge on any atom is -0.305 e. The van der Waals surface area contributed by atoms with Crippen LogP contribution in [-0.2, 0) is 6.54 Å². The Hall–Kier alpha value is -2.30. The van der Waals surface area contributed by atoms with Crippen LogP contribution in [0.25, 0.3) is 0 Å². The monoisotopic (exact) mass is 359 g/mol. The molecule has 0 spiro atoms. The van der Waals surface area contributed by atoms with Gasteiger partial charge in [-0.15, -0.1) is 0 Å². The third-order valence-electron chi connectivity index (χ3n) is 3.59. The molecule has 0 fully saturated rings. The molecule has 0 saturated heterocycles. The maximum Gasteiger partial charge on any atom is 0.258 e. The third-order valence-corrected chi connectivity index (χ3v) is 4.17. The number of aromatic nitrogens is 2. The number of nitrogens with zero attached hydrogens (tertiary/aromatic N) is 2. The first-order valence-corrected chi connectivity index (χ1v) is 8.13. The van der Waals surface area contributed by atoms with Crippen LogP contribution in [0.2, 0.25) is 10.0 Å². The first-order chi connectivity index (χ1) is 11.5. The summed E-state index contributed by atoms with van der Waals surface area (Å²) in [5.41, 5.74) is 2.44. The van der Waals surface area contributed by atoms with Crippen LogP contribution in [0.15, 0.2) is 54.6 Å². The van der Waals surface area contributed by atoms with Gasteiger partial charge in [-0.05, 0) is 36.8 Å². The summed E-state index contributed by atoms with van der Waals surface area (Å²) in [6.45, 7) is 2.54. The molecule has 2 aromatic carbocycles. The predicted molar refractivity (Wildman–Crippen MR) is 96.9 cm³/mol. The van der Waals surface area contributed by atoms with E-state index in [2.05, 4.69) is 10.4 Å². The first-order valence-electron chi connectivity index (χ1n) is 7.38. The van der Waals surface area contributed by atoms with Crippen LogP contribution in [0.4, 0.5) is 5.82 Å². The van der Waals surface area contributed by atoms with Gasteiger partial charge in [-0.25, -0.2) is 0 Å². The fourth-order valence-corrected chi connectivity index (χ4v) is 2.67. The number of benzene rings is 2. The molecule has 0 aliphatic rings. The molecule has 3 rings (SSSR count). The zero-order chi connectivity index (χ0) is 17.1. The number of carbonyl (C=O) groups excluding carboxylic acids is 1. The molecule has 1 amide bonds. The quantitative estimate of drug-likeness (QED) is 0.727. The summed E-state index contributed by atoms with van der Waals surface area (Å²) in [6, 6.07) is 16.3. The largest absolute Gasteiger partial charge is 0.305 e. The lowest BCUT2D eigenvalue weighted by Crippen LogP contribution is -2.13. The summed E-state index contributed by atoms with van der Waals surface area (Å²) >= 11 is 11.9. The summed E-state index contributed by atoms with van der Waals surface area (Å²) in [6.07, 6.45) is 0. The van der Waals surface area contributed by atoms with Gasteiger partial charge >= 0.3 is 0 Å². The van der Waals surface area contributed by atoms with Gasteiger partial charge in [0.05, 0.1) is 17.1 Å². The van der Waals surface area contributed by atoms with Gasteiger partial charge < -0.3 is 5.32 Å². The number of aryl methyl sites for hydroxylation is 1. The number of nitrogens with one attached hydrogen (secondary N) is 1. The van der Waals surface area contributed by atoms with Crippen LogP contribution in [0.1, 0.15) is 21.6 Å². The number of rotatable bonds is 4. The van der Waals surface area contributed by atoms with Gasteiger partial charge in [-0.2, -0.15) is 5.10 Å². The summed E-state index contributed by atoms with van der Waals surface area (Å²) in [4.78, 5) is 12.3. The van der Waals surface area contributed by atoms with Crippen molar-refractivity contribution in [2.75, 3.05) is 5.32 Å². The summed E-state index contributed by atoms with van der Waals surface area (Å²) in [5.74, 6) is 0.211. The minimum atomic E-state index is -0.281. The van der Waals surface area contributed by atoms with E-state index in [0.29, 0.717) is 28.0 Å². The third kappa shape index (κ3) is 3.78. The van der Waals surface area contributed by atoms with E-state index in [0.717, 1.165) is 11.3 Å². The van der Waals surface area contributed by atoms with Gasteiger partial charge in [-0.3, -0.25) is 9.48 Å².